The van der Waals surface area contributed by atoms with Gasteiger partial charge in [0.25, 0.3) is 0 Å². The lowest BCUT2D eigenvalue weighted by Crippen LogP contribution is -2.42. The van der Waals surface area contributed by atoms with Crippen molar-refractivity contribution in [3.05, 3.63) is 24.3 Å². The quantitative estimate of drug-likeness (QED) is 0.365. The minimum absolute atomic E-state index is 0. The largest absolute Gasteiger partial charge is 0.495 e. The number of para-hydroxylation sites is 2. The van der Waals surface area contributed by atoms with E-state index in [4.69, 9.17) is 4.74 Å². The summed E-state index contributed by atoms with van der Waals surface area (Å²) >= 11 is 2.08. The number of methoxy groups -OCH3 is 1. The van der Waals surface area contributed by atoms with Gasteiger partial charge in [0.1, 0.15) is 5.75 Å². The van der Waals surface area contributed by atoms with Gasteiger partial charge in [-0.3, -0.25) is 4.99 Å². The van der Waals surface area contributed by atoms with Crippen LogP contribution < -0.4 is 20.3 Å². The van der Waals surface area contributed by atoms with Crippen molar-refractivity contribution in [2.45, 2.75) is 24.5 Å². The van der Waals surface area contributed by atoms with Gasteiger partial charge in [0.2, 0.25) is 0 Å². The molecule has 2 N–H and O–H groups in total. The molecule has 2 aliphatic heterocycles. The fraction of sp³-hybridized carbons (Fsp3) is 0.632. The monoisotopic (exact) mass is 490 g/mol. The summed E-state index contributed by atoms with van der Waals surface area (Å²) in [5, 5.41) is 7.73. The number of nitrogens with one attached hydrogen (secondary N) is 2. The summed E-state index contributed by atoms with van der Waals surface area (Å²) in [5.41, 5.74) is 1.20. The van der Waals surface area contributed by atoms with Crippen LogP contribution in [-0.4, -0.2) is 57.3 Å². The Morgan fingerprint density at radius 3 is 2.81 bits per heavy atom. The molecule has 0 amide bonds. The first kappa shape index (κ1) is 21.5. The standard InChI is InChI=1S/C19H30N4OS.HI/c1-20-19(22-13-16-6-5-11-25-16)21-12-15-9-10-23(14-15)17-7-3-4-8-18(17)24-2;/h3-4,7-8,15-16H,5-6,9-14H2,1-2H3,(H2,20,21,22);1H. The van der Waals surface area contributed by atoms with Gasteiger partial charge in [0.15, 0.2) is 5.96 Å². The van der Waals surface area contributed by atoms with Crippen LogP contribution in [-0.2, 0) is 0 Å². The number of benzene rings is 1. The normalized spacial score (nSPS) is 22.8. The molecule has 0 bridgehead atoms. The molecule has 0 radical (unpaired) electrons. The maximum Gasteiger partial charge on any atom is 0.191 e. The Balaban J connectivity index is 0.00000243. The van der Waals surface area contributed by atoms with Crippen molar-refractivity contribution in [1.82, 2.24) is 10.6 Å². The molecule has 146 valence electrons. The molecule has 2 saturated heterocycles. The van der Waals surface area contributed by atoms with Crippen LogP contribution >= 0.6 is 35.7 Å². The summed E-state index contributed by atoms with van der Waals surface area (Å²) in [6.45, 7) is 4.12. The van der Waals surface area contributed by atoms with Crippen LogP contribution in [0, 0.1) is 5.92 Å². The fourth-order valence-electron chi connectivity index (χ4n) is 3.59. The number of aliphatic imine (C=N–C) groups is 1. The van der Waals surface area contributed by atoms with Crippen molar-refractivity contribution in [1.29, 1.82) is 0 Å². The van der Waals surface area contributed by atoms with Crippen molar-refractivity contribution in [3.63, 3.8) is 0 Å². The Morgan fingerprint density at radius 1 is 1.27 bits per heavy atom. The predicted molar refractivity (Wildman–Crippen MR) is 124 cm³/mol. The maximum absolute atomic E-state index is 5.50. The number of halogens is 1. The number of nitrogens with zero attached hydrogens (tertiary/aromatic N) is 2. The second kappa shape index (κ2) is 11.1. The third-order valence-electron chi connectivity index (χ3n) is 5.01. The first-order valence-electron chi connectivity index (χ1n) is 9.24. The van der Waals surface area contributed by atoms with Gasteiger partial charge in [0.05, 0.1) is 12.8 Å². The average Bonchev–Trinajstić information content (AvgIpc) is 3.33. The van der Waals surface area contributed by atoms with E-state index in [1.54, 1.807) is 7.11 Å². The van der Waals surface area contributed by atoms with E-state index in [1.165, 1.54) is 30.7 Å². The highest BCUT2D eigenvalue weighted by molar-refractivity contribution is 14.0. The van der Waals surface area contributed by atoms with Gasteiger partial charge in [0, 0.05) is 38.5 Å². The number of hydrogen-bond donors (Lipinski definition) is 2. The lowest BCUT2D eigenvalue weighted by molar-refractivity contribution is 0.414. The number of guanidine groups is 1. The van der Waals surface area contributed by atoms with E-state index in [0.29, 0.717) is 5.92 Å². The lowest BCUT2D eigenvalue weighted by Gasteiger charge is -2.21. The second-order valence-electron chi connectivity index (χ2n) is 6.74. The molecule has 2 atom stereocenters. The first-order valence-corrected chi connectivity index (χ1v) is 10.3. The van der Waals surface area contributed by atoms with E-state index >= 15 is 0 Å². The zero-order valence-electron chi connectivity index (χ0n) is 15.7. The van der Waals surface area contributed by atoms with Crippen LogP contribution in [0.3, 0.4) is 0 Å². The molecule has 0 saturated carbocycles. The van der Waals surface area contributed by atoms with Gasteiger partial charge in [-0.25, -0.2) is 0 Å². The average molecular weight is 490 g/mol. The molecule has 2 fully saturated rings. The van der Waals surface area contributed by atoms with Crippen LogP contribution in [0.1, 0.15) is 19.3 Å². The molecular weight excluding hydrogens is 459 g/mol. The van der Waals surface area contributed by atoms with Gasteiger partial charge in [-0.05, 0) is 43.1 Å². The van der Waals surface area contributed by atoms with E-state index in [1.807, 2.05) is 19.2 Å². The molecule has 1 aromatic carbocycles. The van der Waals surface area contributed by atoms with Crippen LogP contribution in [0.4, 0.5) is 5.69 Å². The molecule has 2 heterocycles. The summed E-state index contributed by atoms with van der Waals surface area (Å²) in [4.78, 5) is 6.79. The summed E-state index contributed by atoms with van der Waals surface area (Å²) < 4.78 is 5.50. The Hall–Kier alpha value is -0.830. The molecular formula is C19H31IN4OS. The minimum Gasteiger partial charge on any atom is -0.495 e. The molecule has 3 rings (SSSR count). The molecule has 0 spiro atoms. The Morgan fingerprint density at radius 2 is 2.08 bits per heavy atom. The Bertz CT molecular complexity index is 580. The topological polar surface area (TPSA) is 48.9 Å². The van der Waals surface area contributed by atoms with Gasteiger partial charge < -0.3 is 20.3 Å². The van der Waals surface area contributed by atoms with E-state index in [-0.39, 0.29) is 24.0 Å². The number of hydrogen-bond acceptors (Lipinski definition) is 4. The molecule has 5 nitrogen and oxygen atoms in total. The van der Waals surface area contributed by atoms with Crippen LogP contribution in [0.2, 0.25) is 0 Å². The third kappa shape index (κ3) is 5.84. The fourth-order valence-corrected chi connectivity index (χ4v) is 4.79. The van der Waals surface area contributed by atoms with E-state index in [0.717, 1.165) is 43.1 Å². The Labute approximate surface area is 178 Å². The van der Waals surface area contributed by atoms with Crippen molar-refractivity contribution < 1.29 is 4.74 Å². The minimum atomic E-state index is 0. The third-order valence-corrected chi connectivity index (χ3v) is 6.41. The van der Waals surface area contributed by atoms with Crippen molar-refractivity contribution in [2.75, 3.05) is 51.0 Å². The van der Waals surface area contributed by atoms with Gasteiger partial charge in [-0.2, -0.15) is 11.8 Å². The second-order valence-corrected chi connectivity index (χ2v) is 8.15. The summed E-state index contributed by atoms with van der Waals surface area (Å²) in [5.74, 6) is 3.83. The van der Waals surface area contributed by atoms with Crippen molar-refractivity contribution in [3.8, 4) is 5.75 Å². The van der Waals surface area contributed by atoms with Gasteiger partial charge >= 0.3 is 0 Å². The number of thioether (sulfide) groups is 1. The molecule has 2 aliphatic rings. The van der Waals surface area contributed by atoms with E-state index in [9.17, 15) is 0 Å². The van der Waals surface area contributed by atoms with Gasteiger partial charge in [-0.1, -0.05) is 12.1 Å². The van der Waals surface area contributed by atoms with E-state index < -0.39 is 0 Å². The molecule has 7 heteroatoms. The smallest absolute Gasteiger partial charge is 0.191 e. The summed E-state index contributed by atoms with van der Waals surface area (Å²) in [7, 11) is 3.60. The van der Waals surface area contributed by atoms with Crippen molar-refractivity contribution in [2.24, 2.45) is 10.9 Å². The zero-order valence-corrected chi connectivity index (χ0v) is 18.9. The molecule has 0 aliphatic carbocycles. The van der Waals surface area contributed by atoms with Crippen molar-refractivity contribution >= 4 is 47.4 Å². The number of rotatable bonds is 6. The summed E-state index contributed by atoms with van der Waals surface area (Å²) in [6, 6.07) is 8.29. The van der Waals surface area contributed by atoms with Crippen LogP contribution in [0.25, 0.3) is 0 Å². The van der Waals surface area contributed by atoms with Gasteiger partial charge in [-0.15, -0.1) is 24.0 Å². The highest BCUT2D eigenvalue weighted by Crippen LogP contribution is 2.31. The Kier molecular flexibility index (Phi) is 9.18. The number of ether oxygens (including phenoxy) is 1. The zero-order chi connectivity index (χ0) is 17.5. The van der Waals surface area contributed by atoms with Crippen LogP contribution in [0.15, 0.2) is 29.3 Å². The molecule has 0 aromatic heterocycles. The summed E-state index contributed by atoms with van der Waals surface area (Å²) in [6.07, 6.45) is 3.87. The SMILES string of the molecule is CN=C(NCC1CCN(c2ccccc2OC)C1)NCC1CCCS1.I. The lowest BCUT2D eigenvalue weighted by atomic mass is 10.1. The highest BCUT2D eigenvalue weighted by atomic mass is 127. The first-order chi connectivity index (χ1) is 12.3. The maximum atomic E-state index is 5.50. The molecule has 2 unspecified atom stereocenters. The molecule has 1 aromatic rings. The number of anilines is 1. The predicted octanol–water partition coefficient (Wildman–Crippen LogP) is 3.20. The van der Waals surface area contributed by atoms with E-state index in [2.05, 4.69) is 44.4 Å². The highest BCUT2D eigenvalue weighted by Gasteiger charge is 2.24. The van der Waals surface area contributed by atoms with Crippen LogP contribution in [0.5, 0.6) is 5.75 Å². The molecule has 26 heavy (non-hydrogen) atoms.